The second-order valence-corrected chi connectivity index (χ2v) is 10.3. The number of carboxylic acids is 1. The molecule has 190 valence electrons. The Hall–Kier alpha value is -4.01. The zero-order valence-electron chi connectivity index (χ0n) is 20.0. The first kappa shape index (κ1) is 24.3. The van der Waals surface area contributed by atoms with Crippen LogP contribution < -0.4 is 9.47 Å². The Morgan fingerprint density at radius 2 is 1.66 bits per heavy atom. The zero-order valence-corrected chi connectivity index (χ0v) is 21.5. The highest BCUT2D eigenvalue weighted by Gasteiger charge is 2.78. The predicted molar refractivity (Wildman–Crippen MR) is 141 cm³/mol. The van der Waals surface area contributed by atoms with Crippen LogP contribution in [0.5, 0.6) is 11.5 Å². The molecule has 4 atom stereocenters. The Morgan fingerprint density at radius 3 is 2.32 bits per heavy atom. The predicted octanol–water partition coefficient (Wildman–Crippen LogP) is 4.97. The minimum atomic E-state index is -2.35. The summed E-state index contributed by atoms with van der Waals surface area (Å²) in [5.41, 5.74) is -2.18. The Bertz CT molecular complexity index is 1530. The van der Waals surface area contributed by atoms with Gasteiger partial charge < -0.3 is 19.7 Å². The highest BCUT2D eigenvalue weighted by atomic mass is 79.9. The highest BCUT2D eigenvalue weighted by Crippen LogP contribution is 2.66. The molecule has 2 N–H and O–H groups in total. The largest absolute Gasteiger partial charge is 0.487 e. The molecule has 2 aliphatic rings. The van der Waals surface area contributed by atoms with Crippen molar-refractivity contribution in [3.05, 3.63) is 124 Å². The van der Waals surface area contributed by atoms with Gasteiger partial charge in [0.05, 0.1) is 12.1 Å². The van der Waals surface area contributed by atoms with Gasteiger partial charge in [-0.3, -0.25) is 9.59 Å². The van der Waals surface area contributed by atoms with E-state index in [0.717, 1.165) is 10.0 Å². The first-order valence-corrected chi connectivity index (χ1v) is 12.8. The Morgan fingerprint density at radius 1 is 1.00 bits per heavy atom. The molecule has 1 fully saturated rings. The number of carbonyl (C=O) groups is 2. The lowest BCUT2D eigenvalue weighted by Crippen LogP contribution is -2.51. The van der Waals surface area contributed by atoms with Crippen molar-refractivity contribution in [1.29, 1.82) is 0 Å². The normalized spacial score (nSPS) is 25.4. The lowest BCUT2D eigenvalue weighted by atomic mass is 9.71. The van der Waals surface area contributed by atoms with Crippen molar-refractivity contribution in [2.24, 2.45) is 5.92 Å². The van der Waals surface area contributed by atoms with Gasteiger partial charge in [-0.25, -0.2) is 4.98 Å². The van der Waals surface area contributed by atoms with Gasteiger partial charge in [0.15, 0.2) is 11.4 Å². The molecule has 0 saturated heterocycles. The second kappa shape index (κ2) is 9.08. The summed E-state index contributed by atoms with van der Waals surface area (Å²) < 4.78 is 13.3. The van der Waals surface area contributed by atoms with Gasteiger partial charge in [0.2, 0.25) is 5.60 Å². The third-order valence-corrected chi connectivity index (χ3v) is 7.86. The SMILES string of the molecule is O=C(O)[C@H]1C(=O)[C@@]2(O)c3ncc(OCc4ccccc4)cc3O[C@@]2(c2ccc(Br)cc2)[C@@H]1c1ccccc1. The number of fused-ring (bicyclic) bond motifs is 3. The molecule has 0 spiro atoms. The van der Waals surface area contributed by atoms with Gasteiger partial charge in [0.1, 0.15) is 29.7 Å². The monoisotopic (exact) mass is 571 g/mol. The van der Waals surface area contributed by atoms with Gasteiger partial charge in [-0.2, -0.15) is 0 Å². The van der Waals surface area contributed by atoms with E-state index in [4.69, 9.17) is 9.47 Å². The van der Waals surface area contributed by atoms with E-state index in [-0.39, 0.29) is 18.1 Å². The molecule has 1 saturated carbocycles. The average Bonchev–Trinajstić information content (AvgIpc) is 3.31. The number of aliphatic hydroxyl groups is 1. The quantitative estimate of drug-likeness (QED) is 0.315. The number of ether oxygens (including phenoxy) is 2. The number of hydrogen-bond acceptors (Lipinski definition) is 6. The summed E-state index contributed by atoms with van der Waals surface area (Å²) in [6.07, 6.45) is 1.42. The summed E-state index contributed by atoms with van der Waals surface area (Å²) >= 11 is 3.43. The molecular weight excluding hydrogens is 550 g/mol. The zero-order chi connectivity index (χ0) is 26.5. The Labute approximate surface area is 226 Å². The number of nitrogens with zero attached hydrogens (tertiary/aromatic N) is 1. The Kier molecular flexibility index (Phi) is 5.81. The minimum Gasteiger partial charge on any atom is -0.487 e. The van der Waals surface area contributed by atoms with Crippen LogP contribution in [0.4, 0.5) is 0 Å². The maximum Gasteiger partial charge on any atom is 0.314 e. The smallest absolute Gasteiger partial charge is 0.314 e. The summed E-state index contributed by atoms with van der Waals surface area (Å²) in [5, 5.41) is 22.5. The molecule has 1 aliphatic heterocycles. The number of pyridine rings is 1. The van der Waals surface area contributed by atoms with Crippen LogP contribution in [0.1, 0.15) is 28.3 Å². The average molecular weight is 572 g/mol. The van der Waals surface area contributed by atoms with E-state index in [1.54, 1.807) is 60.7 Å². The maximum absolute atomic E-state index is 13.9. The van der Waals surface area contributed by atoms with E-state index in [9.17, 15) is 19.8 Å². The molecule has 0 radical (unpaired) electrons. The van der Waals surface area contributed by atoms with Crippen LogP contribution in [0.2, 0.25) is 0 Å². The van der Waals surface area contributed by atoms with Gasteiger partial charge >= 0.3 is 5.97 Å². The highest BCUT2D eigenvalue weighted by molar-refractivity contribution is 9.10. The number of aromatic nitrogens is 1. The van der Waals surface area contributed by atoms with Gasteiger partial charge in [-0.15, -0.1) is 0 Å². The molecule has 0 unspecified atom stereocenters. The standard InChI is InChI=1S/C30H22BrNO6/c31-21-13-11-20(12-14-21)30-25(19-9-5-2-6-10-19)24(28(34)35)27(33)29(30,36)26-23(38-30)15-22(16-32-26)37-17-18-7-3-1-4-8-18/h1-16,24-25,36H,17H2,(H,34,35)/t24-,25-,29+,30+/m1/s1. The summed E-state index contributed by atoms with van der Waals surface area (Å²) in [5.74, 6) is -4.25. The maximum atomic E-state index is 13.9. The van der Waals surface area contributed by atoms with E-state index < -0.39 is 34.8 Å². The van der Waals surface area contributed by atoms with Crippen molar-refractivity contribution < 1.29 is 29.3 Å². The third-order valence-electron chi connectivity index (χ3n) is 7.34. The molecule has 38 heavy (non-hydrogen) atoms. The van der Waals surface area contributed by atoms with Crippen molar-refractivity contribution in [2.75, 3.05) is 0 Å². The molecule has 0 bridgehead atoms. The molecule has 2 heterocycles. The van der Waals surface area contributed by atoms with Crippen molar-refractivity contribution >= 4 is 27.7 Å². The molecule has 0 amide bonds. The fraction of sp³-hybridized carbons (Fsp3) is 0.167. The fourth-order valence-electron chi connectivity index (χ4n) is 5.71. The lowest BCUT2D eigenvalue weighted by molar-refractivity contribution is -0.154. The fourth-order valence-corrected chi connectivity index (χ4v) is 5.97. The topological polar surface area (TPSA) is 106 Å². The number of aliphatic carboxylic acids is 1. The molecular formula is C30H22BrNO6. The summed E-state index contributed by atoms with van der Waals surface area (Å²) in [6.45, 7) is 0.288. The lowest BCUT2D eigenvalue weighted by Gasteiger charge is -2.38. The molecule has 6 rings (SSSR count). The van der Waals surface area contributed by atoms with Crippen LogP contribution in [-0.4, -0.2) is 26.9 Å². The molecule has 8 heteroatoms. The van der Waals surface area contributed by atoms with Gasteiger partial charge in [-0.05, 0) is 28.8 Å². The number of Topliss-reactive ketones (excluding diaryl/α,β-unsaturated/α-hetero) is 1. The molecule has 7 nitrogen and oxygen atoms in total. The van der Waals surface area contributed by atoms with Crippen LogP contribution in [0.15, 0.2) is 102 Å². The first-order chi connectivity index (χ1) is 18.4. The van der Waals surface area contributed by atoms with E-state index in [2.05, 4.69) is 20.9 Å². The number of carboxylic acid groups (broad SMARTS) is 1. The van der Waals surface area contributed by atoms with Crippen LogP contribution in [0.3, 0.4) is 0 Å². The van der Waals surface area contributed by atoms with E-state index in [1.165, 1.54) is 6.20 Å². The van der Waals surface area contributed by atoms with Crippen LogP contribution in [0, 0.1) is 5.92 Å². The number of halogens is 1. The molecule has 4 aromatic rings. The Balaban J connectivity index is 1.52. The summed E-state index contributed by atoms with van der Waals surface area (Å²) in [6, 6.07) is 27.0. The van der Waals surface area contributed by atoms with E-state index in [0.29, 0.717) is 16.9 Å². The van der Waals surface area contributed by atoms with E-state index in [1.807, 2.05) is 30.3 Å². The van der Waals surface area contributed by atoms with Crippen molar-refractivity contribution in [1.82, 2.24) is 4.98 Å². The molecule has 3 aromatic carbocycles. The number of rotatable bonds is 6. The van der Waals surface area contributed by atoms with Gasteiger partial charge in [0, 0.05) is 10.5 Å². The molecule has 1 aliphatic carbocycles. The number of benzene rings is 3. The van der Waals surface area contributed by atoms with E-state index >= 15 is 0 Å². The number of hydrogen-bond donors (Lipinski definition) is 2. The van der Waals surface area contributed by atoms with Crippen LogP contribution in [0.25, 0.3) is 0 Å². The number of ketones is 1. The van der Waals surface area contributed by atoms with Gasteiger partial charge in [0.25, 0.3) is 0 Å². The number of carbonyl (C=O) groups excluding carboxylic acids is 1. The molecule has 1 aromatic heterocycles. The summed E-state index contributed by atoms with van der Waals surface area (Å²) in [7, 11) is 0. The first-order valence-electron chi connectivity index (χ1n) is 12.0. The summed E-state index contributed by atoms with van der Waals surface area (Å²) in [4.78, 5) is 30.9. The third kappa shape index (κ3) is 3.48. The minimum absolute atomic E-state index is 0.0258. The van der Waals surface area contributed by atoms with Crippen molar-refractivity contribution in [3.8, 4) is 11.5 Å². The van der Waals surface area contributed by atoms with Crippen molar-refractivity contribution in [2.45, 2.75) is 23.7 Å². The second-order valence-electron chi connectivity index (χ2n) is 9.42. The van der Waals surface area contributed by atoms with Crippen LogP contribution >= 0.6 is 15.9 Å². The van der Waals surface area contributed by atoms with Crippen molar-refractivity contribution in [3.63, 3.8) is 0 Å². The van der Waals surface area contributed by atoms with Gasteiger partial charge in [-0.1, -0.05) is 88.7 Å². The van der Waals surface area contributed by atoms with Crippen LogP contribution in [-0.2, 0) is 27.4 Å².